The topological polar surface area (TPSA) is 118 Å². The van der Waals surface area contributed by atoms with E-state index in [9.17, 15) is 9.59 Å². The monoisotopic (exact) mass is 327 g/mol. The number of nitrogens with two attached hydrogens (primary N) is 1. The molecule has 2 rings (SSSR count). The number of carboxylic acids is 1. The molecular formula is C17H19N4O3+. The molecule has 1 heterocycles. The van der Waals surface area contributed by atoms with Crippen molar-refractivity contribution in [3.63, 3.8) is 0 Å². The Hall–Kier alpha value is -3.09. The number of ketones is 1. The van der Waals surface area contributed by atoms with Crippen LogP contribution in [0.3, 0.4) is 0 Å². The Morgan fingerprint density at radius 3 is 2.54 bits per heavy atom. The standard InChI is InChI=1S/C17H18N4O3/c1-11(22)17(18)13-9-12(3-5-14(13)21-10-16(23)24)4-6-15-19-7-2-8-20-15/h2-3,5,7-9,18,21H,4,6,10H2,1H3,(H,23,24)/p+1. The molecule has 0 amide bonds. The van der Waals surface area contributed by atoms with E-state index in [1.54, 1.807) is 30.6 Å². The molecule has 2 aromatic rings. The molecular weight excluding hydrogens is 308 g/mol. The summed E-state index contributed by atoms with van der Waals surface area (Å²) in [5, 5.41) is 17.4. The van der Waals surface area contributed by atoms with Gasteiger partial charge in [0.15, 0.2) is 0 Å². The zero-order chi connectivity index (χ0) is 17.5. The molecule has 0 fully saturated rings. The highest BCUT2D eigenvalue weighted by atomic mass is 16.4. The molecule has 0 aliphatic carbocycles. The fourth-order valence-electron chi connectivity index (χ4n) is 2.20. The van der Waals surface area contributed by atoms with Crippen LogP contribution in [-0.2, 0) is 22.4 Å². The van der Waals surface area contributed by atoms with E-state index in [0.717, 1.165) is 11.4 Å². The molecule has 124 valence electrons. The zero-order valence-corrected chi connectivity index (χ0v) is 13.3. The minimum atomic E-state index is -0.993. The number of aryl methyl sites for hydroxylation is 2. The van der Waals surface area contributed by atoms with Crippen LogP contribution in [0.25, 0.3) is 0 Å². The minimum absolute atomic E-state index is 0.0979. The van der Waals surface area contributed by atoms with E-state index in [-0.39, 0.29) is 18.0 Å². The van der Waals surface area contributed by atoms with Gasteiger partial charge in [0, 0.05) is 31.4 Å². The van der Waals surface area contributed by atoms with Crippen LogP contribution in [0.15, 0.2) is 36.7 Å². The van der Waals surface area contributed by atoms with Gasteiger partial charge in [-0.2, -0.15) is 0 Å². The molecule has 0 radical (unpaired) electrons. The number of carboxylic acid groups (broad SMARTS) is 1. The van der Waals surface area contributed by atoms with Crippen molar-refractivity contribution in [3.8, 4) is 0 Å². The Labute approximate surface area is 139 Å². The van der Waals surface area contributed by atoms with Crippen molar-refractivity contribution in [3.05, 3.63) is 53.6 Å². The van der Waals surface area contributed by atoms with Crippen molar-refractivity contribution in [2.45, 2.75) is 19.8 Å². The van der Waals surface area contributed by atoms with Crippen molar-refractivity contribution >= 4 is 23.2 Å². The van der Waals surface area contributed by atoms with Crippen molar-refractivity contribution in [1.82, 2.24) is 9.97 Å². The largest absolute Gasteiger partial charge is 0.480 e. The summed E-state index contributed by atoms with van der Waals surface area (Å²) in [5.74, 6) is -0.528. The molecule has 0 aliphatic heterocycles. The van der Waals surface area contributed by atoms with Crippen LogP contribution in [0.1, 0.15) is 23.9 Å². The average Bonchev–Trinajstić information content (AvgIpc) is 2.58. The number of rotatable bonds is 8. The Balaban J connectivity index is 2.21. The lowest BCUT2D eigenvalue weighted by Crippen LogP contribution is -2.45. The summed E-state index contributed by atoms with van der Waals surface area (Å²) in [6.07, 6.45) is 4.71. The van der Waals surface area contributed by atoms with E-state index >= 15 is 0 Å². The van der Waals surface area contributed by atoms with Crippen molar-refractivity contribution < 1.29 is 20.1 Å². The molecule has 7 heteroatoms. The SMILES string of the molecule is CC(=O)C(=[NH2+])c1cc(CCc2ncccn2)ccc1NCC(=O)O. The van der Waals surface area contributed by atoms with E-state index in [0.29, 0.717) is 24.1 Å². The maximum absolute atomic E-state index is 11.6. The van der Waals surface area contributed by atoms with Gasteiger partial charge in [0.1, 0.15) is 12.4 Å². The highest BCUT2D eigenvalue weighted by Gasteiger charge is 2.18. The molecule has 0 saturated carbocycles. The van der Waals surface area contributed by atoms with Gasteiger partial charge in [-0.3, -0.25) is 15.0 Å². The highest BCUT2D eigenvalue weighted by molar-refractivity contribution is 6.43. The normalized spacial score (nSPS) is 10.2. The number of aliphatic carboxylic acids is 1. The maximum Gasteiger partial charge on any atom is 0.322 e. The zero-order valence-electron chi connectivity index (χ0n) is 13.3. The minimum Gasteiger partial charge on any atom is -0.480 e. The van der Waals surface area contributed by atoms with Crippen LogP contribution < -0.4 is 10.7 Å². The van der Waals surface area contributed by atoms with E-state index in [1.807, 2.05) is 6.07 Å². The van der Waals surface area contributed by atoms with Crippen molar-refractivity contribution in [2.24, 2.45) is 0 Å². The number of benzene rings is 1. The molecule has 24 heavy (non-hydrogen) atoms. The van der Waals surface area contributed by atoms with Gasteiger partial charge in [-0.25, -0.2) is 9.97 Å². The van der Waals surface area contributed by atoms with E-state index in [4.69, 9.17) is 10.5 Å². The number of carbonyl (C=O) groups is 2. The number of hydrogen-bond donors (Lipinski definition) is 3. The Morgan fingerprint density at radius 1 is 1.21 bits per heavy atom. The molecule has 0 aliphatic rings. The quantitative estimate of drug-likeness (QED) is 0.583. The first-order valence-corrected chi connectivity index (χ1v) is 7.45. The van der Waals surface area contributed by atoms with Crippen LogP contribution in [0.5, 0.6) is 0 Å². The van der Waals surface area contributed by atoms with Gasteiger partial charge in [0.2, 0.25) is 11.5 Å². The van der Waals surface area contributed by atoms with Crippen LogP contribution >= 0.6 is 0 Å². The van der Waals surface area contributed by atoms with Crippen molar-refractivity contribution in [2.75, 3.05) is 11.9 Å². The van der Waals surface area contributed by atoms with E-state index in [1.165, 1.54) is 6.92 Å². The van der Waals surface area contributed by atoms with Gasteiger partial charge >= 0.3 is 5.97 Å². The van der Waals surface area contributed by atoms with E-state index < -0.39 is 5.97 Å². The molecule has 1 aromatic heterocycles. The summed E-state index contributed by atoms with van der Waals surface area (Å²) < 4.78 is 0. The Kier molecular flexibility index (Phi) is 5.73. The molecule has 0 spiro atoms. The summed E-state index contributed by atoms with van der Waals surface area (Å²) >= 11 is 0. The predicted octanol–water partition coefficient (Wildman–Crippen LogP) is -0.104. The van der Waals surface area contributed by atoms with Gasteiger partial charge in [-0.1, -0.05) is 6.07 Å². The lowest BCUT2D eigenvalue weighted by Gasteiger charge is -2.10. The third-order valence-electron chi connectivity index (χ3n) is 3.44. The first kappa shape index (κ1) is 17.3. The molecule has 7 nitrogen and oxygen atoms in total. The highest BCUT2D eigenvalue weighted by Crippen LogP contribution is 2.19. The maximum atomic E-state index is 11.6. The first-order valence-electron chi connectivity index (χ1n) is 7.45. The smallest absolute Gasteiger partial charge is 0.322 e. The summed E-state index contributed by atoms with van der Waals surface area (Å²) in [6.45, 7) is 1.12. The summed E-state index contributed by atoms with van der Waals surface area (Å²) in [4.78, 5) is 30.7. The Morgan fingerprint density at radius 2 is 1.92 bits per heavy atom. The number of nitrogens with zero attached hydrogens (tertiary/aromatic N) is 2. The third kappa shape index (κ3) is 4.70. The number of nitrogens with one attached hydrogen (secondary N) is 1. The predicted molar refractivity (Wildman–Crippen MR) is 88.7 cm³/mol. The number of anilines is 1. The number of aromatic nitrogens is 2. The molecule has 0 unspecified atom stereocenters. The van der Waals surface area contributed by atoms with Crippen LogP contribution in [-0.4, -0.2) is 39.1 Å². The summed E-state index contributed by atoms with van der Waals surface area (Å²) in [5.41, 5.74) is 2.09. The van der Waals surface area contributed by atoms with Gasteiger partial charge in [-0.15, -0.1) is 0 Å². The molecule has 0 bridgehead atoms. The van der Waals surface area contributed by atoms with Gasteiger partial charge in [0.05, 0.1) is 5.56 Å². The number of carbonyl (C=O) groups excluding carboxylic acids is 1. The average molecular weight is 327 g/mol. The Bertz CT molecular complexity index is 760. The first-order chi connectivity index (χ1) is 11.5. The van der Waals surface area contributed by atoms with Gasteiger partial charge in [0.25, 0.3) is 0 Å². The second-order valence-corrected chi connectivity index (χ2v) is 5.26. The molecule has 4 N–H and O–H groups in total. The number of Topliss-reactive ketones (excluding diaryl/α,β-unsaturated/α-hetero) is 1. The van der Waals surface area contributed by atoms with Crippen LogP contribution in [0, 0.1) is 0 Å². The summed E-state index contributed by atoms with van der Waals surface area (Å²) in [7, 11) is 0. The molecule has 0 saturated heterocycles. The summed E-state index contributed by atoms with van der Waals surface area (Å²) in [6, 6.07) is 7.15. The number of hydrogen-bond acceptors (Lipinski definition) is 5. The van der Waals surface area contributed by atoms with Crippen LogP contribution in [0.4, 0.5) is 5.69 Å². The fourth-order valence-corrected chi connectivity index (χ4v) is 2.20. The second-order valence-electron chi connectivity index (χ2n) is 5.26. The van der Waals surface area contributed by atoms with Gasteiger partial charge < -0.3 is 10.4 Å². The molecule has 0 atom stereocenters. The lowest BCUT2D eigenvalue weighted by molar-refractivity contribution is -0.135. The van der Waals surface area contributed by atoms with E-state index in [2.05, 4.69) is 15.3 Å². The fraction of sp³-hybridized carbons (Fsp3) is 0.235. The molecule has 1 aromatic carbocycles. The van der Waals surface area contributed by atoms with Crippen molar-refractivity contribution in [1.29, 1.82) is 0 Å². The van der Waals surface area contributed by atoms with Crippen LogP contribution in [0.2, 0.25) is 0 Å². The van der Waals surface area contributed by atoms with Gasteiger partial charge in [-0.05, 0) is 30.2 Å². The lowest BCUT2D eigenvalue weighted by atomic mass is 9.99. The third-order valence-corrected chi connectivity index (χ3v) is 3.44. The second kappa shape index (κ2) is 7.96.